The molecular weight excluding hydrogens is 660 g/mol. The molecule has 0 radical (unpaired) electrons. The van der Waals surface area contributed by atoms with Crippen molar-refractivity contribution in [3.63, 3.8) is 0 Å². The van der Waals surface area contributed by atoms with Crippen LogP contribution in [0.2, 0.25) is 0 Å². The van der Waals surface area contributed by atoms with Crippen molar-refractivity contribution < 1.29 is 27.1 Å². The van der Waals surface area contributed by atoms with Crippen molar-refractivity contribution in [2.24, 2.45) is 5.92 Å². The summed E-state index contributed by atoms with van der Waals surface area (Å²) in [5, 5.41) is -0.309. The normalized spacial score (nSPS) is 11.5. The quantitative estimate of drug-likeness (QED) is 0.147. The van der Waals surface area contributed by atoms with E-state index in [9.17, 15) is 17.6 Å². The van der Waals surface area contributed by atoms with Crippen LogP contribution in [0.4, 0.5) is 10.2 Å². The second-order valence-electron chi connectivity index (χ2n) is 9.98. The third-order valence-corrected chi connectivity index (χ3v) is 8.05. The number of pyridine rings is 2. The molecule has 0 spiro atoms. The minimum atomic E-state index is -4.12. The highest BCUT2D eigenvalue weighted by molar-refractivity contribution is 14.1. The third kappa shape index (κ3) is 7.59. The summed E-state index contributed by atoms with van der Waals surface area (Å²) >= 11 is 2.19. The molecule has 0 aliphatic heterocycles. The van der Waals surface area contributed by atoms with Crippen LogP contribution in [0.25, 0.3) is 11.3 Å². The highest BCUT2D eigenvalue weighted by Crippen LogP contribution is 2.34. The van der Waals surface area contributed by atoms with Crippen molar-refractivity contribution in [3.8, 4) is 28.6 Å². The van der Waals surface area contributed by atoms with Gasteiger partial charge in [-0.2, -0.15) is 0 Å². The van der Waals surface area contributed by atoms with Gasteiger partial charge in [-0.05, 0) is 102 Å². The molecule has 214 valence electrons. The molecule has 8 nitrogen and oxygen atoms in total. The zero-order valence-electron chi connectivity index (χ0n) is 22.9. The van der Waals surface area contributed by atoms with Crippen LogP contribution in [-0.4, -0.2) is 36.5 Å². The van der Waals surface area contributed by atoms with E-state index in [1.165, 1.54) is 42.5 Å². The Kier molecular flexibility index (Phi) is 9.27. The molecule has 4 rings (SSSR count). The van der Waals surface area contributed by atoms with Crippen molar-refractivity contribution in [2.75, 3.05) is 18.1 Å². The summed E-state index contributed by atoms with van der Waals surface area (Å²) < 4.78 is 53.4. The first-order valence-electron chi connectivity index (χ1n) is 12.7. The fourth-order valence-electron chi connectivity index (χ4n) is 4.03. The van der Waals surface area contributed by atoms with E-state index < -0.39 is 27.2 Å². The van der Waals surface area contributed by atoms with Crippen LogP contribution in [0.5, 0.6) is 17.4 Å². The van der Waals surface area contributed by atoms with Crippen molar-refractivity contribution in [2.45, 2.75) is 32.7 Å². The zero-order valence-corrected chi connectivity index (χ0v) is 25.9. The van der Waals surface area contributed by atoms with Crippen molar-refractivity contribution >= 4 is 44.0 Å². The first kappa shape index (κ1) is 30.4. The number of hydrogen-bond donors (Lipinski definition) is 1. The zero-order chi connectivity index (χ0) is 29.9. The van der Waals surface area contributed by atoms with Crippen LogP contribution in [0.1, 0.15) is 35.3 Å². The topological polar surface area (TPSA) is 121 Å². The Labute approximate surface area is 252 Å². The molecular formula is C30H29FIN3O5S. The SMILES string of the molecule is Cc1cc(I)cc(C)c1Oc1nc(-c2cc(F)cc(OCC(C)C)c2)ccc1C(=O)CS(=O)(=O)c1cccc(N)n1. The second-order valence-corrected chi connectivity index (χ2v) is 13.2. The van der Waals surface area contributed by atoms with Gasteiger partial charge in [0.15, 0.2) is 10.8 Å². The van der Waals surface area contributed by atoms with Gasteiger partial charge >= 0.3 is 0 Å². The van der Waals surface area contributed by atoms with E-state index in [1.54, 1.807) is 6.07 Å². The Morgan fingerprint density at radius 2 is 1.73 bits per heavy atom. The van der Waals surface area contributed by atoms with E-state index in [2.05, 4.69) is 32.6 Å². The molecule has 0 atom stereocenters. The number of halogens is 2. The Morgan fingerprint density at radius 1 is 1.02 bits per heavy atom. The number of hydrogen-bond acceptors (Lipinski definition) is 8. The van der Waals surface area contributed by atoms with Crippen LogP contribution >= 0.6 is 22.6 Å². The van der Waals surface area contributed by atoms with E-state index in [0.717, 1.165) is 14.7 Å². The average molecular weight is 690 g/mol. The van der Waals surface area contributed by atoms with Gasteiger partial charge in [-0.3, -0.25) is 4.79 Å². The number of benzene rings is 2. The average Bonchev–Trinajstić information content (AvgIpc) is 2.89. The number of carbonyl (C=O) groups is 1. The lowest BCUT2D eigenvalue weighted by Crippen LogP contribution is -2.19. The van der Waals surface area contributed by atoms with E-state index in [1.807, 2.05) is 39.8 Å². The van der Waals surface area contributed by atoms with Crippen LogP contribution in [0, 0.1) is 29.2 Å². The molecule has 41 heavy (non-hydrogen) atoms. The smallest absolute Gasteiger partial charge is 0.230 e. The number of nitrogen functional groups attached to an aromatic ring is 1. The Balaban J connectivity index is 1.78. The number of nitrogens with two attached hydrogens (primary N) is 1. The predicted octanol–water partition coefficient (Wildman–Crippen LogP) is 6.57. The lowest BCUT2D eigenvalue weighted by atomic mass is 10.1. The Morgan fingerprint density at radius 3 is 2.39 bits per heavy atom. The molecule has 2 aromatic heterocycles. The molecule has 2 N–H and O–H groups in total. The summed E-state index contributed by atoms with van der Waals surface area (Å²) in [6.07, 6.45) is 0. The van der Waals surface area contributed by atoms with Gasteiger partial charge < -0.3 is 15.2 Å². The van der Waals surface area contributed by atoms with Gasteiger partial charge in [0.1, 0.15) is 28.9 Å². The number of carbonyl (C=O) groups excluding carboxylic acids is 1. The summed E-state index contributed by atoms with van der Waals surface area (Å²) in [5.74, 6) is -1.18. The highest BCUT2D eigenvalue weighted by Gasteiger charge is 2.26. The molecule has 4 aromatic rings. The van der Waals surface area contributed by atoms with Gasteiger partial charge in [0.25, 0.3) is 0 Å². The monoisotopic (exact) mass is 689 g/mol. The number of rotatable bonds is 10. The molecule has 0 amide bonds. The maximum atomic E-state index is 14.5. The van der Waals surface area contributed by atoms with Gasteiger partial charge in [0.2, 0.25) is 15.7 Å². The summed E-state index contributed by atoms with van der Waals surface area (Å²) in [7, 11) is -4.12. The predicted molar refractivity (Wildman–Crippen MR) is 164 cm³/mol. The molecule has 0 aliphatic rings. The van der Waals surface area contributed by atoms with Gasteiger partial charge in [0, 0.05) is 15.2 Å². The number of nitrogens with zero attached hydrogens (tertiary/aromatic N) is 2. The molecule has 0 fully saturated rings. The van der Waals surface area contributed by atoms with Gasteiger partial charge in [-0.15, -0.1) is 0 Å². The second kappa shape index (κ2) is 12.5. The lowest BCUT2D eigenvalue weighted by Gasteiger charge is -2.16. The molecule has 2 aromatic carbocycles. The van der Waals surface area contributed by atoms with E-state index in [0.29, 0.717) is 29.4 Å². The number of aromatic nitrogens is 2. The Bertz CT molecular complexity index is 1700. The van der Waals surface area contributed by atoms with E-state index >= 15 is 0 Å². The first-order valence-corrected chi connectivity index (χ1v) is 15.4. The van der Waals surface area contributed by atoms with Gasteiger partial charge in [-0.1, -0.05) is 19.9 Å². The first-order chi connectivity index (χ1) is 19.3. The fraction of sp³-hybridized carbons (Fsp3) is 0.233. The van der Waals surface area contributed by atoms with Crippen LogP contribution < -0.4 is 15.2 Å². The Hall–Kier alpha value is -3.58. The van der Waals surface area contributed by atoms with Crippen molar-refractivity contribution in [1.29, 1.82) is 0 Å². The van der Waals surface area contributed by atoms with Crippen LogP contribution in [0.3, 0.4) is 0 Å². The summed E-state index contributed by atoms with van der Waals surface area (Å²) in [4.78, 5) is 21.8. The number of ketones is 1. The molecule has 11 heteroatoms. The summed E-state index contributed by atoms with van der Waals surface area (Å²) in [6, 6.07) is 15.2. The number of sulfone groups is 1. The van der Waals surface area contributed by atoms with Gasteiger partial charge in [0.05, 0.1) is 17.9 Å². The summed E-state index contributed by atoms with van der Waals surface area (Å²) in [6.45, 7) is 8.09. The van der Waals surface area contributed by atoms with Crippen LogP contribution in [-0.2, 0) is 9.84 Å². The minimum absolute atomic E-state index is 0.0186. The number of Topliss-reactive ketones (excluding diaryl/α,β-unsaturated/α-hetero) is 1. The van der Waals surface area contributed by atoms with E-state index in [4.69, 9.17) is 15.2 Å². The number of aryl methyl sites for hydroxylation is 2. The molecule has 0 saturated carbocycles. The van der Waals surface area contributed by atoms with Gasteiger partial charge in [-0.25, -0.2) is 22.8 Å². The number of ether oxygens (including phenoxy) is 2. The molecule has 0 saturated heterocycles. The van der Waals surface area contributed by atoms with Crippen molar-refractivity contribution in [1.82, 2.24) is 9.97 Å². The molecule has 0 aliphatic carbocycles. The highest BCUT2D eigenvalue weighted by atomic mass is 127. The third-order valence-electron chi connectivity index (χ3n) is 5.92. The van der Waals surface area contributed by atoms with Crippen LogP contribution in [0.15, 0.2) is 65.7 Å². The minimum Gasteiger partial charge on any atom is -0.493 e. The van der Waals surface area contributed by atoms with Crippen molar-refractivity contribution in [3.05, 3.63) is 86.7 Å². The fourth-order valence-corrected chi connectivity index (χ4v) is 6.14. The maximum absolute atomic E-state index is 14.5. The summed E-state index contributed by atoms with van der Waals surface area (Å²) in [5.41, 5.74) is 7.91. The molecule has 0 bridgehead atoms. The standard InChI is InChI=1S/C30H29FIN3O5S/c1-17(2)15-39-23-13-20(12-21(31)14-23)25-9-8-24(26(36)16-41(37,38)28-7-5-6-27(33)35-28)30(34-25)40-29-18(3)10-22(32)11-19(29)4/h5-14,17H,15-16H2,1-4H3,(H2,33,35). The lowest BCUT2D eigenvalue weighted by molar-refractivity contribution is 0.101. The maximum Gasteiger partial charge on any atom is 0.230 e. The molecule has 2 heterocycles. The largest absolute Gasteiger partial charge is 0.493 e. The van der Waals surface area contributed by atoms with E-state index in [-0.39, 0.29) is 28.2 Å². The molecule has 0 unspecified atom stereocenters. The number of anilines is 1.